The second kappa shape index (κ2) is 35.5. The predicted molar refractivity (Wildman–Crippen MR) is 207 cm³/mol. The Hall–Kier alpha value is -0.790. The Bertz CT molecular complexity index is 707. The van der Waals surface area contributed by atoms with Crippen LogP contribution in [0.25, 0.3) is 0 Å². The van der Waals surface area contributed by atoms with Crippen molar-refractivity contribution in [3.63, 3.8) is 0 Å². The van der Waals surface area contributed by atoms with Gasteiger partial charge in [-0.1, -0.05) is 213 Å². The highest BCUT2D eigenvalue weighted by Gasteiger charge is 2.16. The highest BCUT2D eigenvalue weighted by atomic mass is 15.1. The molecule has 1 heterocycles. The van der Waals surface area contributed by atoms with Crippen LogP contribution in [-0.4, -0.2) is 4.57 Å². The van der Waals surface area contributed by atoms with E-state index < -0.39 is 0 Å². The number of hydrogen-bond donors (Lipinski definition) is 0. The third-order valence-corrected chi connectivity index (χ3v) is 10.6. The Morgan fingerprint density at radius 1 is 0.370 bits per heavy atom. The maximum absolute atomic E-state index is 2.64. The first-order valence-corrected chi connectivity index (χ1v) is 21.9. The van der Waals surface area contributed by atoms with E-state index in [1.807, 2.05) is 0 Å². The van der Waals surface area contributed by atoms with E-state index in [9.17, 15) is 0 Å². The van der Waals surface area contributed by atoms with Gasteiger partial charge < -0.3 is 0 Å². The summed E-state index contributed by atoms with van der Waals surface area (Å²) in [6, 6.07) is 0. The average Bonchev–Trinajstić information content (AvgIpc) is 3.45. The molecule has 0 bridgehead atoms. The van der Waals surface area contributed by atoms with Crippen molar-refractivity contribution in [2.45, 2.75) is 265 Å². The Morgan fingerprint density at radius 2 is 0.674 bits per heavy atom. The van der Waals surface area contributed by atoms with E-state index in [4.69, 9.17) is 0 Å². The van der Waals surface area contributed by atoms with Gasteiger partial charge in [-0.3, -0.25) is 0 Å². The molecule has 0 N–H and O–H groups in total. The quantitative estimate of drug-likeness (QED) is 0.0501. The predicted octanol–water partition coefficient (Wildman–Crippen LogP) is 15.0. The molecule has 0 radical (unpaired) electrons. The van der Waals surface area contributed by atoms with Crippen LogP contribution in [0.1, 0.15) is 251 Å². The summed E-state index contributed by atoms with van der Waals surface area (Å²) in [5.74, 6) is 1.62. The smallest absolute Gasteiger partial charge is 0.234 e. The molecular formula is C44H87N2+. The first-order valence-electron chi connectivity index (χ1n) is 21.9. The van der Waals surface area contributed by atoms with Gasteiger partial charge in [-0.2, -0.15) is 0 Å². The minimum Gasteiger partial charge on any atom is -0.234 e. The van der Waals surface area contributed by atoms with Crippen molar-refractivity contribution in [2.24, 2.45) is 0 Å². The summed E-state index contributed by atoms with van der Waals surface area (Å²) in [6.45, 7) is 9.41. The van der Waals surface area contributed by atoms with Gasteiger partial charge in [-0.05, 0) is 32.1 Å². The normalized spacial score (nSPS) is 11.6. The van der Waals surface area contributed by atoms with Gasteiger partial charge in [0.1, 0.15) is 12.4 Å². The summed E-state index contributed by atoms with van der Waals surface area (Å²) >= 11 is 0. The van der Waals surface area contributed by atoms with Gasteiger partial charge in [0.15, 0.2) is 0 Å². The highest BCUT2D eigenvalue weighted by molar-refractivity contribution is 4.84. The minimum atomic E-state index is 1.23. The molecule has 0 spiro atoms. The van der Waals surface area contributed by atoms with Crippen molar-refractivity contribution in [2.75, 3.05) is 0 Å². The molecule has 1 rings (SSSR count). The van der Waals surface area contributed by atoms with E-state index in [1.54, 1.807) is 5.82 Å². The van der Waals surface area contributed by atoms with Gasteiger partial charge in [0.25, 0.3) is 5.82 Å². The fraction of sp³-hybridized carbons (Fsp3) is 0.932. The van der Waals surface area contributed by atoms with Crippen LogP contribution in [0.3, 0.4) is 0 Å². The number of unbranched alkanes of at least 4 members (excludes halogenated alkanes) is 32. The minimum absolute atomic E-state index is 1.23. The molecule has 1 aromatic heterocycles. The molecular weight excluding hydrogens is 556 g/mol. The van der Waals surface area contributed by atoms with Gasteiger partial charge in [0.05, 0.1) is 13.1 Å². The molecule has 0 aliphatic rings. The molecule has 0 saturated carbocycles. The van der Waals surface area contributed by atoms with Crippen LogP contribution in [0, 0.1) is 0 Å². The Kier molecular flexibility index (Phi) is 33.4. The molecule has 0 amide bonds. The summed E-state index contributed by atoms with van der Waals surface area (Å²) < 4.78 is 5.27. The summed E-state index contributed by atoms with van der Waals surface area (Å²) in [6.07, 6.45) is 56.4. The van der Waals surface area contributed by atoms with Gasteiger partial charge >= 0.3 is 0 Å². The van der Waals surface area contributed by atoms with Gasteiger partial charge in [-0.15, -0.1) is 0 Å². The van der Waals surface area contributed by atoms with Crippen molar-refractivity contribution in [1.82, 2.24) is 4.57 Å². The zero-order chi connectivity index (χ0) is 33.0. The number of nitrogens with zero attached hydrogens (tertiary/aromatic N) is 2. The van der Waals surface area contributed by atoms with Crippen molar-refractivity contribution in [3.05, 3.63) is 18.2 Å². The molecule has 2 heteroatoms. The van der Waals surface area contributed by atoms with Crippen LogP contribution < -0.4 is 4.57 Å². The van der Waals surface area contributed by atoms with E-state index in [0.717, 1.165) is 0 Å². The Morgan fingerprint density at radius 3 is 1.04 bits per heavy atom. The molecule has 0 atom stereocenters. The van der Waals surface area contributed by atoms with Crippen LogP contribution in [0.5, 0.6) is 0 Å². The molecule has 1 aromatic rings. The number of aromatic nitrogens is 2. The molecule has 0 saturated heterocycles. The van der Waals surface area contributed by atoms with E-state index in [0.29, 0.717) is 0 Å². The summed E-state index contributed by atoms with van der Waals surface area (Å²) in [5.41, 5.74) is 0. The molecule has 0 aromatic carbocycles. The second-order valence-electron chi connectivity index (χ2n) is 15.2. The topological polar surface area (TPSA) is 8.81 Å². The van der Waals surface area contributed by atoms with Crippen LogP contribution in [-0.2, 0) is 19.5 Å². The molecule has 46 heavy (non-hydrogen) atoms. The van der Waals surface area contributed by atoms with Crippen molar-refractivity contribution >= 4 is 0 Å². The maximum Gasteiger partial charge on any atom is 0.256 e. The number of rotatable bonds is 38. The lowest BCUT2D eigenvalue weighted by atomic mass is 10.0. The van der Waals surface area contributed by atoms with Crippen LogP contribution in [0.4, 0.5) is 0 Å². The van der Waals surface area contributed by atoms with Crippen LogP contribution >= 0.6 is 0 Å². The van der Waals surface area contributed by atoms with E-state index in [-0.39, 0.29) is 0 Å². The SMILES string of the molecule is CCCCCCCCCCCCCCCCCCC[n+]1ccn(CCCCCCCCCCCCCC)c1CCCCCCCC. The second-order valence-corrected chi connectivity index (χ2v) is 15.2. The first kappa shape index (κ1) is 43.2. The zero-order valence-electron chi connectivity index (χ0n) is 32.4. The van der Waals surface area contributed by atoms with E-state index in [1.165, 1.54) is 244 Å². The monoisotopic (exact) mass is 644 g/mol. The van der Waals surface area contributed by atoms with Crippen LogP contribution in [0.2, 0.25) is 0 Å². The number of aryl methyl sites for hydroxylation is 2. The third-order valence-electron chi connectivity index (χ3n) is 10.6. The molecule has 272 valence electrons. The van der Waals surface area contributed by atoms with Crippen molar-refractivity contribution in [3.8, 4) is 0 Å². The van der Waals surface area contributed by atoms with E-state index >= 15 is 0 Å². The zero-order valence-corrected chi connectivity index (χ0v) is 32.4. The standard InChI is InChI=1S/C44H87N2/c1-4-7-10-13-16-18-20-22-23-24-25-26-28-30-32-35-38-41-46-43-42-45(44(46)39-36-33-15-12-9-6-3)40-37-34-31-29-27-21-19-17-14-11-8-5-2/h42-43H,4-41H2,1-3H3/q+1. The fourth-order valence-electron chi connectivity index (χ4n) is 7.39. The maximum atomic E-state index is 2.64. The lowest BCUT2D eigenvalue weighted by molar-refractivity contribution is -0.704. The summed E-state index contributed by atoms with van der Waals surface area (Å²) in [5, 5.41) is 0. The van der Waals surface area contributed by atoms with Crippen molar-refractivity contribution < 1.29 is 4.57 Å². The van der Waals surface area contributed by atoms with Gasteiger partial charge in [0, 0.05) is 6.42 Å². The fourth-order valence-corrected chi connectivity index (χ4v) is 7.39. The molecule has 0 unspecified atom stereocenters. The lowest BCUT2D eigenvalue weighted by Crippen LogP contribution is -2.37. The van der Waals surface area contributed by atoms with Crippen molar-refractivity contribution in [1.29, 1.82) is 0 Å². The molecule has 0 aliphatic carbocycles. The lowest BCUT2D eigenvalue weighted by Gasteiger charge is -2.07. The largest absolute Gasteiger partial charge is 0.256 e. The number of hydrogen-bond acceptors (Lipinski definition) is 0. The number of imidazole rings is 1. The molecule has 0 aliphatic heterocycles. The van der Waals surface area contributed by atoms with Crippen LogP contribution in [0.15, 0.2) is 12.4 Å². The average molecular weight is 644 g/mol. The van der Waals surface area contributed by atoms with Gasteiger partial charge in [-0.25, -0.2) is 9.13 Å². The Labute approximate surface area is 291 Å². The molecule has 2 nitrogen and oxygen atoms in total. The van der Waals surface area contributed by atoms with Gasteiger partial charge in [0.2, 0.25) is 0 Å². The van der Waals surface area contributed by atoms with E-state index in [2.05, 4.69) is 42.3 Å². The molecule has 0 fully saturated rings. The third kappa shape index (κ3) is 27.2. The Balaban J connectivity index is 2.17. The first-order chi connectivity index (χ1) is 22.8. The summed E-state index contributed by atoms with van der Waals surface area (Å²) in [4.78, 5) is 0. The highest BCUT2D eigenvalue weighted by Crippen LogP contribution is 2.16. The summed E-state index contributed by atoms with van der Waals surface area (Å²) in [7, 11) is 0.